The lowest BCUT2D eigenvalue weighted by molar-refractivity contribution is 0.122. The summed E-state index contributed by atoms with van der Waals surface area (Å²) in [5.74, 6) is 1.14. The van der Waals surface area contributed by atoms with Crippen molar-refractivity contribution < 1.29 is 14.6 Å². The van der Waals surface area contributed by atoms with Gasteiger partial charge < -0.3 is 30.5 Å². The van der Waals surface area contributed by atoms with E-state index in [0.717, 1.165) is 23.9 Å². The third-order valence-corrected chi connectivity index (χ3v) is 7.52. The Morgan fingerprint density at radius 1 is 1.29 bits per heavy atom. The first-order valence-corrected chi connectivity index (χ1v) is 12.9. The van der Waals surface area contributed by atoms with E-state index in [2.05, 4.69) is 22.4 Å². The van der Waals surface area contributed by atoms with Crippen LogP contribution in [0.25, 0.3) is 5.57 Å². The molecule has 1 saturated heterocycles. The van der Waals surface area contributed by atoms with Crippen LogP contribution in [0.4, 0.5) is 5.13 Å². The number of nitrogens with two attached hydrogens (primary N) is 1. The first-order valence-electron chi connectivity index (χ1n) is 11.1. The normalized spacial score (nSPS) is 20.3. The van der Waals surface area contributed by atoms with Crippen molar-refractivity contribution in [1.82, 2.24) is 10.3 Å². The lowest BCUT2D eigenvalue weighted by Crippen LogP contribution is -2.53. The number of nitrogens with one attached hydrogen (secondary N) is 1. The van der Waals surface area contributed by atoms with Crippen molar-refractivity contribution in [3.05, 3.63) is 57.1 Å². The third kappa shape index (κ3) is 5.61. The van der Waals surface area contributed by atoms with Crippen LogP contribution in [0.2, 0.25) is 0 Å². The van der Waals surface area contributed by atoms with Gasteiger partial charge in [-0.15, -0.1) is 23.1 Å². The monoisotopic (exact) mass is 510 g/mol. The zero-order valence-corrected chi connectivity index (χ0v) is 20.9. The standard InChI is InChI=1S/C24H26N6O3S2/c1-24(27)20(13-26)21(16-2-4-18(5-3-16)33-11-8-31)19(12-25)22(29-24)34-14-17-15-35-23(28-17)30-6-9-32-10-7-30/h2-5,15,29,31H,6-11,14,27H2,1H3. The molecule has 1 aromatic carbocycles. The summed E-state index contributed by atoms with van der Waals surface area (Å²) in [6, 6.07) is 11.5. The van der Waals surface area contributed by atoms with Crippen LogP contribution >= 0.6 is 23.1 Å². The number of allylic oxidation sites excluding steroid dienone is 2. The van der Waals surface area contributed by atoms with Crippen molar-refractivity contribution in [2.45, 2.75) is 18.3 Å². The number of dihydropyridines is 1. The van der Waals surface area contributed by atoms with Crippen molar-refractivity contribution in [3.63, 3.8) is 0 Å². The Morgan fingerprint density at radius 3 is 2.69 bits per heavy atom. The molecule has 0 saturated carbocycles. The molecule has 2 aliphatic rings. The number of morpholine rings is 1. The molecule has 4 N–H and O–H groups in total. The number of hydrogen-bond acceptors (Lipinski definition) is 11. The van der Waals surface area contributed by atoms with Crippen molar-refractivity contribution in [1.29, 1.82) is 10.5 Å². The zero-order chi connectivity index (χ0) is 24.8. The quantitative estimate of drug-likeness (QED) is 0.485. The number of ether oxygens (including phenoxy) is 2. The van der Waals surface area contributed by atoms with Gasteiger partial charge in [-0.25, -0.2) is 4.98 Å². The molecule has 1 unspecified atom stereocenters. The summed E-state index contributed by atoms with van der Waals surface area (Å²) >= 11 is 3.04. The van der Waals surface area contributed by atoms with E-state index in [1.807, 2.05) is 5.38 Å². The first kappa shape index (κ1) is 25.0. The minimum absolute atomic E-state index is 0.0858. The highest BCUT2D eigenvalue weighted by molar-refractivity contribution is 8.02. The number of hydrogen-bond donors (Lipinski definition) is 3. The first-order chi connectivity index (χ1) is 17.0. The molecule has 0 aliphatic carbocycles. The number of anilines is 1. The summed E-state index contributed by atoms with van der Waals surface area (Å²) in [6.45, 7) is 4.87. The lowest BCUT2D eigenvalue weighted by Gasteiger charge is -2.34. The summed E-state index contributed by atoms with van der Waals surface area (Å²) < 4.78 is 10.9. The van der Waals surface area contributed by atoms with E-state index >= 15 is 0 Å². The predicted octanol–water partition coefficient (Wildman–Crippen LogP) is 2.57. The molecule has 3 heterocycles. The van der Waals surface area contributed by atoms with Gasteiger partial charge in [0.05, 0.1) is 47.8 Å². The number of thiazole rings is 1. The number of benzene rings is 1. The Bertz CT molecular complexity index is 1200. The molecule has 182 valence electrons. The van der Waals surface area contributed by atoms with E-state index < -0.39 is 5.66 Å². The molecule has 1 atom stereocenters. The van der Waals surface area contributed by atoms with Crippen LogP contribution in [-0.4, -0.2) is 55.3 Å². The predicted molar refractivity (Wildman–Crippen MR) is 136 cm³/mol. The zero-order valence-electron chi connectivity index (χ0n) is 19.3. The molecule has 0 radical (unpaired) electrons. The van der Waals surface area contributed by atoms with E-state index in [0.29, 0.717) is 46.5 Å². The van der Waals surface area contributed by atoms with E-state index in [-0.39, 0.29) is 18.8 Å². The van der Waals surface area contributed by atoms with Gasteiger partial charge in [-0.2, -0.15) is 10.5 Å². The van der Waals surface area contributed by atoms with Crippen molar-refractivity contribution in [3.8, 4) is 17.9 Å². The van der Waals surface area contributed by atoms with Crippen molar-refractivity contribution in [2.24, 2.45) is 5.73 Å². The summed E-state index contributed by atoms with van der Waals surface area (Å²) in [5.41, 5.74) is 8.10. The fourth-order valence-electron chi connectivity index (χ4n) is 3.82. The molecule has 4 rings (SSSR count). The second kappa shape index (κ2) is 11.1. The summed E-state index contributed by atoms with van der Waals surface area (Å²) in [7, 11) is 0. The fourth-order valence-corrected chi connectivity index (χ4v) is 5.83. The number of nitriles is 2. The van der Waals surface area contributed by atoms with Gasteiger partial charge in [-0.05, 0) is 24.6 Å². The fraction of sp³-hybridized carbons (Fsp3) is 0.375. The van der Waals surface area contributed by atoms with Gasteiger partial charge in [0.1, 0.15) is 24.1 Å². The highest BCUT2D eigenvalue weighted by Crippen LogP contribution is 2.40. The van der Waals surface area contributed by atoms with E-state index in [1.54, 1.807) is 42.5 Å². The summed E-state index contributed by atoms with van der Waals surface area (Å²) in [4.78, 5) is 6.97. The van der Waals surface area contributed by atoms with Gasteiger partial charge in [-0.1, -0.05) is 12.1 Å². The molecule has 11 heteroatoms. The minimum Gasteiger partial charge on any atom is -0.491 e. The lowest BCUT2D eigenvalue weighted by atomic mass is 9.86. The molecule has 9 nitrogen and oxygen atoms in total. The van der Waals surface area contributed by atoms with Gasteiger partial charge in [0.25, 0.3) is 0 Å². The van der Waals surface area contributed by atoms with Crippen LogP contribution in [0.15, 0.2) is 45.8 Å². The number of aromatic nitrogens is 1. The molecule has 2 aromatic rings. The highest BCUT2D eigenvalue weighted by Gasteiger charge is 2.36. The van der Waals surface area contributed by atoms with Gasteiger partial charge in [0, 0.05) is 29.8 Å². The van der Waals surface area contributed by atoms with Crippen molar-refractivity contribution in [2.75, 3.05) is 44.4 Å². The van der Waals surface area contributed by atoms with Gasteiger partial charge >= 0.3 is 0 Å². The maximum Gasteiger partial charge on any atom is 0.185 e. The number of nitrogens with zero attached hydrogens (tertiary/aromatic N) is 4. The summed E-state index contributed by atoms with van der Waals surface area (Å²) in [6.07, 6.45) is 0. The Hall–Kier alpha value is -3.06. The number of thioether (sulfide) groups is 1. The Labute approximate surface area is 212 Å². The molecular formula is C24H26N6O3S2. The maximum atomic E-state index is 10.1. The average molecular weight is 511 g/mol. The van der Waals surface area contributed by atoms with E-state index in [1.165, 1.54) is 11.8 Å². The van der Waals surface area contributed by atoms with Gasteiger partial charge in [0.2, 0.25) is 0 Å². The molecule has 0 spiro atoms. The largest absolute Gasteiger partial charge is 0.491 e. The summed E-state index contributed by atoms with van der Waals surface area (Å²) in [5, 5.41) is 35.8. The SMILES string of the molecule is CC1(N)NC(SCc2csc(N3CCOCC3)n2)=C(C#N)C(c2ccc(OCCO)cc2)=C1C#N. The average Bonchev–Trinajstić information content (AvgIpc) is 3.35. The topological polar surface area (TPSA) is 140 Å². The number of aliphatic hydroxyl groups excluding tert-OH is 1. The second-order valence-electron chi connectivity index (χ2n) is 8.11. The number of aliphatic hydroxyl groups is 1. The smallest absolute Gasteiger partial charge is 0.185 e. The molecule has 1 fully saturated rings. The van der Waals surface area contributed by atoms with Crippen LogP contribution < -0.4 is 20.7 Å². The second-order valence-corrected chi connectivity index (χ2v) is 9.93. The highest BCUT2D eigenvalue weighted by atomic mass is 32.2. The van der Waals surface area contributed by atoms with Crippen LogP contribution in [-0.2, 0) is 10.5 Å². The molecule has 0 bridgehead atoms. The molecule has 1 aromatic heterocycles. The van der Waals surface area contributed by atoms with Crippen LogP contribution in [0.1, 0.15) is 18.2 Å². The number of rotatable bonds is 8. The van der Waals surface area contributed by atoms with Crippen LogP contribution in [0.5, 0.6) is 5.75 Å². The molecule has 35 heavy (non-hydrogen) atoms. The van der Waals surface area contributed by atoms with Crippen molar-refractivity contribution >= 4 is 33.8 Å². The molecular weight excluding hydrogens is 484 g/mol. The Kier molecular flexibility index (Phi) is 7.96. The van der Waals surface area contributed by atoms with E-state index in [4.69, 9.17) is 25.3 Å². The Morgan fingerprint density at radius 2 is 2.03 bits per heavy atom. The van der Waals surface area contributed by atoms with Crippen LogP contribution in [0, 0.1) is 22.7 Å². The maximum absolute atomic E-state index is 10.1. The minimum atomic E-state index is -1.15. The Balaban J connectivity index is 1.60. The molecule has 2 aliphatic heterocycles. The van der Waals surface area contributed by atoms with E-state index in [9.17, 15) is 10.5 Å². The van der Waals surface area contributed by atoms with Gasteiger partial charge in [-0.3, -0.25) is 0 Å². The molecule has 0 amide bonds. The van der Waals surface area contributed by atoms with Crippen LogP contribution in [0.3, 0.4) is 0 Å². The van der Waals surface area contributed by atoms with Gasteiger partial charge in [0.15, 0.2) is 5.13 Å². The third-order valence-electron chi connectivity index (χ3n) is 5.53.